The summed E-state index contributed by atoms with van der Waals surface area (Å²) in [5.74, 6) is 1.08. The van der Waals surface area contributed by atoms with Gasteiger partial charge in [0.25, 0.3) is 0 Å². The highest BCUT2D eigenvalue weighted by molar-refractivity contribution is 5.43. The van der Waals surface area contributed by atoms with Crippen molar-refractivity contribution in [3.05, 3.63) is 67.8 Å². The van der Waals surface area contributed by atoms with Gasteiger partial charge in [-0.3, -0.25) is 39.0 Å². The van der Waals surface area contributed by atoms with Crippen molar-refractivity contribution in [2.45, 2.75) is 79.1 Å². The average Bonchev–Trinajstić information content (AvgIpc) is 3.65. The highest BCUT2D eigenvalue weighted by Gasteiger charge is 2.21. The van der Waals surface area contributed by atoms with E-state index >= 15 is 0 Å². The smallest absolute Gasteiger partial charge is 0.310 e. The molecule has 4 rings (SSSR count). The largest absolute Gasteiger partial charge is 0.396 e. The first-order chi connectivity index (χ1) is 20.3. The van der Waals surface area contributed by atoms with Gasteiger partial charge in [-0.1, -0.05) is 55.4 Å². The van der Waals surface area contributed by atoms with Gasteiger partial charge < -0.3 is 11.5 Å². The first-order valence-electron chi connectivity index (χ1n) is 14.2. The minimum Gasteiger partial charge on any atom is -0.396 e. The minimum atomic E-state index is -0.400. The molecule has 0 bridgehead atoms. The van der Waals surface area contributed by atoms with Gasteiger partial charge in [0.05, 0.1) is 38.8 Å². The van der Waals surface area contributed by atoms with Crippen molar-refractivity contribution in [1.29, 1.82) is 0 Å². The molecular formula is C28H48N12O4. The molecule has 0 saturated heterocycles. The second-order valence-electron chi connectivity index (χ2n) is 11.5. The van der Waals surface area contributed by atoms with Gasteiger partial charge in [-0.15, -0.1) is 0 Å². The van der Waals surface area contributed by atoms with E-state index in [1.165, 1.54) is 17.1 Å². The van der Waals surface area contributed by atoms with Gasteiger partial charge in [0.15, 0.2) is 0 Å². The monoisotopic (exact) mass is 616 g/mol. The molecular weight excluding hydrogens is 568 g/mol. The molecule has 0 spiro atoms. The molecule has 0 aliphatic heterocycles. The Balaban J connectivity index is 0.000000294. The molecule has 4 aromatic heterocycles. The summed E-state index contributed by atoms with van der Waals surface area (Å²) in [5.41, 5.74) is 16.4. The Kier molecular flexibility index (Phi) is 13.7. The molecule has 0 saturated carbocycles. The van der Waals surface area contributed by atoms with Gasteiger partial charge >= 0.3 is 11.4 Å². The van der Waals surface area contributed by atoms with Crippen LogP contribution in [0.5, 0.6) is 0 Å². The van der Waals surface area contributed by atoms with Crippen molar-refractivity contribution in [3.63, 3.8) is 0 Å². The number of nitro groups is 2. The van der Waals surface area contributed by atoms with Crippen molar-refractivity contribution in [2.75, 3.05) is 11.5 Å². The summed E-state index contributed by atoms with van der Waals surface area (Å²) < 4.78 is 6.57. The molecule has 4 N–H and O–H groups in total. The number of hydrogen-bond donors (Lipinski definition) is 2. The Morgan fingerprint density at radius 1 is 0.614 bits per heavy atom. The van der Waals surface area contributed by atoms with Crippen molar-refractivity contribution < 1.29 is 9.85 Å². The van der Waals surface area contributed by atoms with Gasteiger partial charge in [-0.05, 0) is 11.8 Å². The zero-order chi connectivity index (χ0) is 34.0. The molecule has 0 aliphatic carbocycles. The van der Waals surface area contributed by atoms with Gasteiger partial charge in [0, 0.05) is 46.2 Å². The predicted molar refractivity (Wildman–Crippen MR) is 171 cm³/mol. The summed E-state index contributed by atoms with van der Waals surface area (Å²) in [6.07, 6.45) is 6.23. The number of nitrogens with two attached hydrogens (primary N) is 2. The molecule has 0 fully saturated rings. The van der Waals surface area contributed by atoms with Crippen LogP contribution in [0.15, 0.2) is 24.8 Å². The number of nitrogens with zero attached hydrogens (tertiary/aromatic N) is 10. The summed E-state index contributed by atoms with van der Waals surface area (Å²) in [4.78, 5) is 20.2. The van der Waals surface area contributed by atoms with Crippen LogP contribution in [0.3, 0.4) is 0 Å². The molecule has 0 aromatic carbocycles. The summed E-state index contributed by atoms with van der Waals surface area (Å²) in [5, 5.41) is 37.1. The Morgan fingerprint density at radius 3 is 1.32 bits per heavy atom. The molecule has 0 unspecified atom stereocenters. The van der Waals surface area contributed by atoms with Crippen molar-refractivity contribution in [3.8, 4) is 0 Å². The Hall–Kier alpha value is -4.76. The van der Waals surface area contributed by atoms with Crippen LogP contribution in [0, 0.1) is 20.2 Å². The number of nitrogen functional groups attached to an aromatic ring is 2. The third kappa shape index (κ3) is 10.2. The maximum Gasteiger partial charge on any atom is 0.310 e. The van der Waals surface area contributed by atoms with Crippen LogP contribution >= 0.6 is 0 Å². The van der Waals surface area contributed by atoms with Crippen LogP contribution in [0.25, 0.3) is 0 Å². The van der Waals surface area contributed by atoms with Gasteiger partial charge in [0.1, 0.15) is 23.8 Å². The fourth-order valence-corrected chi connectivity index (χ4v) is 4.43. The van der Waals surface area contributed by atoms with E-state index in [0.29, 0.717) is 23.2 Å². The predicted octanol–water partition coefficient (Wildman–Crippen LogP) is 5.15. The first kappa shape index (κ1) is 37.3. The molecule has 4 aromatic rings. The second-order valence-corrected chi connectivity index (χ2v) is 11.5. The number of rotatable bonds is 6. The summed E-state index contributed by atoms with van der Waals surface area (Å²) in [6, 6.07) is 0. The quantitative estimate of drug-likeness (QED) is 0.215. The molecule has 16 nitrogen and oxygen atoms in total. The lowest BCUT2D eigenvalue weighted by Gasteiger charge is -2.05. The zero-order valence-corrected chi connectivity index (χ0v) is 27.9. The summed E-state index contributed by atoms with van der Waals surface area (Å²) >= 11 is 0. The van der Waals surface area contributed by atoms with E-state index in [1.54, 1.807) is 29.7 Å². The van der Waals surface area contributed by atoms with Crippen LogP contribution in [0.4, 0.5) is 22.7 Å². The molecule has 0 atom stereocenters. The van der Waals surface area contributed by atoms with E-state index < -0.39 is 9.85 Å². The zero-order valence-electron chi connectivity index (χ0n) is 27.9. The van der Waals surface area contributed by atoms with E-state index in [-0.39, 0.29) is 23.2 Å². The van der Waals surface area contributed by atoms with Crippen LogP contribution in [-0.4, -0.2) is 49.0 Å². The van der Waals surface area contributed by atoms with E-state index in [2.05, 4.69) is 48.1 Å². The number of aryl methyl sites for hydroxylation is 4. The first-order valence-corrected chi connectivity index (χ1v) is 14.2. The fourth-order valence-electron chi connectivity index (χ4n) is 4.43. The van der Waals surface area contributed by atoms with Crippen molar-refractivity contribution in [2.24, 2.45) is 28.2 Å². The van der Waals surface area contributed by atoms with Crippen LogP contribution in [0.2, 0.25) is 0 Å². The number of aromatic nitrogens is 8. The van der Waals surface area contributed by atoms with E-state index in [9.17, 15) is 20.2 Å². The summed E-state index contributed by atoms with van der Waals surface area (Å²) in [7, 11) is 7.18. The average molecular weight is 617 g/mol. The standard InChI is InChI=1S/2C7H11N3O2.2C7H13N3/c1-5(2)7-6(10(11)12)4-9(3)8-7;1-5(2)7-6(10(11)12)4-8-9(7)3;1-5(2)7-6(8)4-10(3)9-7;1-5(2)7-6(8)4-9-10(7)3/h2*4-5H,1-3H3;2*4-5H,8H2,1-3H3. The van der Waals surface area contributed by atoms with Gasteiger partial charge in [0.2, 0.25) is 0 Å². The van der Waals surface area contributed by atoms with Crippen molar-refractivity contribution in [1.82, 2.24) is 39.1 Å². The highest BCUT2D eigenvalue weighted by Crippen LogP contribution is 2.25. The Labute approximate surface area is 258 Å². The third-order valence-corrected chi connectivity index (χ3v) is 6.28. The van der Waals surface area contributed by atoms with Crippen LogP contribution in [0.1, 0.15) is 102 Å². The van der Waals surface area contributed by atoms with E-state index in [4.69, 9.17) is 11.5 Å². The maximum absolute atomic E-state index is 10.5. The normalized spacial score (nSPS) is 10.7. The fraction of sp³-hybridized carbons (Fsp3) is 0.571. The molecule has 0 amide bonds. The molecule has 16 heteroatoms. The highest BCUT2D eigenvalue weighted by atomic mass is 16.6. The lowest BCUT2D eigenvalue weighted by atomic mass is 10.1. The van der Waals surface area contributed by atoms with Gasteiger partial charge in [-0.25, -0.2) is 0 Å². The third-order valence-electron chi connectivity index (χ3n) is 6.28. The topological polar surface area (TPSA) is 210 Å². The van der Waals surface area contributed by atoms with Crippen molar-refractivity contribution >= 4 is 22.7 Å². The summed E-state index contributed by atoms with van der Waals surface area (Å²) in [6.45, 7) is 16.0. The van der Waals surface area contributed by atoms with Crippen LogP contribution < -0.4 is 11.5 Å². The van der Waals surface area contributed by atoms with E-state index in [1.807, 2.05) is 52.7 Å². The van der Waals surface area contributed by atoms with Crippen LogP contribution in [-0.2, 0) is 28.2 Å². The molecule has 4 heterocycles. The van der Waals surface area contributed by atoms with E-state index in [0.717, 1.165) is 22.8 Å². The van der Waals surface area contributed by atoms with Gasteiger partial charge in [-0.2, -0.15) is 20.4 Å². The molecule has 44 heavy (non-hydrogen) atoms. The lowest BCUT2D eigenvalue weighted by Crippen LogP contribution is -2.02. The number of hydrogen-bond acceptors (Lipinski definition) is 10. The minimum absolute atomic E-state index is 0.0894. The molecule has 0 aliphatic rings. The Morgan fingerprint density at radius 2 is 1.05 bits per heavy atom. The lowest BCUT2D eigenvalue weighted by molar-refractivity contribution is -0.385. The Bertz CT molecular complexity index is 1480. The maximum atomic E-state index is 10.5. The molecule has 244 valence electrons. The second kappa shape index (κ2) is 16.2. The number of anilines is 2. The molecule has 0 radical (unpaired) electrons. The SMILES string of the molecule is CC(C)c1c(N)cnn1C.CC(C)c1c([N+](=O)[O-])cnn1C.CC(C)c1nn(C)cc1N.CC(C)c1nn(C)cc1[N+](=O)[O-].